The highest BCUT2D eigenvalue weighted by Gasteiger charge is 2.26. The van der Waals surface area contributed by atoms with Gasteiger partial charge < -0.3 is 9.47 Å². The van der Waals surface area contributed by atoms with E-state index in [1.807, 2.05) is 20.8 Å². The molecule has 0 aromatic carbocycles. The van der Waals surface area contributed by atoms with E-state index in [4.69, 9.17) is 11.2 Å². The summed E-state index contributed by atoms with van der Waals surface area (Å²) in [5.41, 5.74) is -0.261. The van der Waals surface area contributed by atoms with E-state index >= 15 is 0 Å². The Bertz CT molecular complexity index is 195. The Morgan fingerprint density at radius 3 is 2.25 bits per heavy atom. The van der Waals surface area contributed by atoms with Crippen LogP contribution in [0, 0.1) is 17.8 Å². The summed E-state index contributed by atoms with van der Waals surface area (Å²) >= 11 is 0. The van der Waals surface area contributed by atoms with Gasteiger partial charge in [0.2, 0.25) is 0 Å². The Hall–Kier alpha value is -1.17. The number of carbonyl (C=O) groups excluding carboxylic acids is 1. The number of hydrogen-bond donors (Lipinski definition) is 0. The fourth-order valence-corrected chi connectivity index (χ4v) is 0.605. The molecule has 0 aliphatic rings. The molecule has 0 aliphatic carbocycles. The molecule has 0 spiro atoms. The minimum absolute atomic E-state index is 0.261. The van der Waals surface area contributed by atoms with Gasteiger partial charge in [0.1, 0.15) is 0 Å². The predicted molar refractivity (Wildman–Crippen MR) is 45.6 cm³/mol. The van der Waals surface area contributed by atoms with Crippen molar-refractivity contribution in [3.63, 3.8) is 0 Å². The summed E-state index contributed by atoms with van der Waals surface area (Å²) in [6.07, 6.45) is 3.89. The van der Waals surface area contributed by atoms with E-state index in [0.29, 0.717) is 0 Å². The molecule has 0 unspecified atom stereocenters. The van der Waals surface area contributed by atoms with Gasteiger partial charge in [-0.05, 0) is 0 Å². The summed E-state index contributed by atoms with van der Waals surface area (Å²) in [6, 6.07) is 0. The first-order valence-electron chi connectivity index (χ1n) is 3.62. The smallest absolute Gasteiger partial charge is 0.438 e. The normalized spacial score (nSPS) is 12.9. The summed E-state index contributed by atoms with van der Waals surface area (Å²) in [6.45, 7) is 5.67. The van der Waals surface area contributed by atoms with Gasteiger partial charge >= 0.3 is 6.16 Å². The number of rotatable bonds is 1. The number of ether oxygens (including phenoxy) is 2. The molecule has 0 heterocycles. The van der Waals surface area contributed by atoms with Gasteiger partial charge in [-0.2, -0.15) is 0 Å². The number of terminal acetylenes is 1. The molecule has 68 valence electrons. The molecule has 1 atom stereocenters. The van der Waals surface area contributed by atoms with Crippen molar-refractivity contribution < 1.29 is 14.3 Å². The van der Waals surface area contributed by atoms with Gasteiger partial charge in [-0.15, -0.1) is 6.42 Å². The lowest BCUT2D eigenvalue weighted by molar-refractivity contribution is 0.0187. The van der Waals surface area contributed by atoms with Crippen LogP contribution in [0.1, 0.15) is 20.8 Å². The van der Waals surface area contributed by atoms with Crippen LogP contribution in [0.25, 0.3) is 0 Å². The lowest BCUT2D eigenvalue weighted by Gasteiger charge is -2.24. The third-order valence-electron chi connectivity index (χ3n) is 1.32. The van der Waals surface area contributed by atoms with Gasteiger partial charge in [-0.3, -0.25) is 0 Å². The molecule has 0 fully saturated rings. The van der Waals surface area contributed by atoms with Crippen LogP contribution in [-0.4, -0.2) is 19.4 Å². The molecule has 0 rings (SSSR count). The van der Waals surface area contributed by atoms with E-state index in [1.165, 1.54) is 7.11 Å². The first-order chi connectivity index (χ1) is 5.41. The Balaban J connectivity index is 4.22. The minimum Gasteiger partial charge on any atom is -0.438 e. The maximum absolute atomic E-state index is 10.7. The number of carbonyl (C=O) groups is 1. The fourth-order valence-electron chi connectivity index (χ4n) is 0.605. The van der Waals surface area contributed by atoms with Crippen LogP contribution in [0.3, 0.4) is 0 Å². The van der Waals surface area contributed by atoms with Crippen LogP contribution >= 0.6 is 0 Å². The third kappa shape index (κ3) is 3.29. The van der Waals surface area contributed by atoms with Gasteiger partial charge in [0.25, 0.3) is 0 Å². The molecule has 0 radical (unpaired) electrons. The molecule has 0 N–H and O–H groups in total. The van der Waals surface area contributed by atoms with Crippen molar-refractivity contribution in [3.8, 4) is 12.3 Å². The van der Waals surface area contributed by atoms with E-state index in [1.54, 1.807) is 0 Å². The average Bonchev–Trinajstić information content (AvgIpc) is 1.97. The first-order valence-corrected chi connectivity index (χ1v) is 3.62. The predicted octanol–water partition coefficient (Wildman–Crippen LogP) is 1.82. The number of hydrogen-bond acceptors (Lipinski definition) is 3. The molecule has 3 heteroatoms. The average molecular weight is 170 g/mol. The van der Waals surface area contributed by atoms with E-state index in [0.717, 1.165) is 0 Å². The largest absolute Gasteiger partial charge is 0.509 e. The zero-order chi connectivity index (χ0) is 9.78. The lowest BCUT2D eigenvalue weighted by atomic mass is 9.90. The Kier molecular flexibility index (Phi) is 3.62. The molecular formula is C9H14O3. The highest BCUT2D eigenvalue weighted by atomic mass is 16.7. The topological polar surface area (TPSA) is 35.5 Å². The molecule has 0 aliphatic heterocycles. The second kappa shape index (κ2) is 4.01. The standard InChI is InChI=1S/C9H14O3/c1-6-7(9(2,3)4)12-8(10)11-5/h1,7H,2-5H3/t7-/m0/s1. The molecule has 0 aromatic heterocycles. The highest BCUT2D eigenvalue weighted by Crippen LogP contribution is 2.21. The van der Waals surface area contributed by atoms with Gasteiger partial charge in [0, 0.05) is 5.41 Å². The van der Waals surface area contributed by atoms with Crippen LogP contribution in [0.2, 0.25) is 0 Å². The molecule has 0 aromatic rings. The van der Waals surface area contributed by atoms with Crippen molar-refractivity contribution in [1.82, 2.24) is 0 Å². The Morgan fingerprint density at radius 1 is 1.50 bits per heavy atom. The summed E-state index contributed by atoms with van der Waals surface area (Å²) in [5, 5.41) is 0. The second-order valence-electron chi connectivity index (χ2n) is 3.48. The monoisotopic (exact) mass is 170 g/mol. The summed E-state index contributed by atoms with van der Waals surface area (Å²) in [4.78, 5) is 10.7. The summed E-state index contributed by atoms with van der Waals surface area (Å²) in [5.74, 6) is 2.38. The van der Waals surface area contributed by atoms with Gasteiger partial charge in [-0.1, -0.05) is 26.7 Å². The van der Waals surface area contributed by atoms with Crippen molar-refractivity contribution in [2.45, 2.75) is 26.9 Å². The second-order valence-corrected chi connectivity index (χ2v) is 3.48. The first kappa shape index (κ1) is 10.8. The molecule has 0 bridgehead atoms. The Morgan fingerprint density at radius 2 is 2.00 bits per heavy atom. The summed E-state index contributed by atoms with van der Waals surface area (Å²) in [7, 11) is 1.25. The van der Waals surface area contributed by atoms with Crippen LogP contribution in [0.4, 0.5) is 4.79 Å². The van der Waals surface area contributed by atoms with Crippen LogP contribution in [-0.2, 0) is 9.47 Å². The maximum Gasteiger partial charge on any atom is 0.509 e. The molecule has 3 nitrogen and oxygen atoms in total. The quantitative estimate of drug-likeness (QED) is 0.444. The molecule has 12 heavy (non-hydrogen) atoms. The van der Waals surface area contributed by atoms with Crippen molar-refractivity contribution in [2.75, 3.05) is 7.11 Å². The van der Waals surface area contributed by atoms with Crippen LogP contribution in [0.15, 0.2) is 0 Å². The maximum atomic E-state index is 10.7. The van der Waals surface area contributed by atoms with Gasteiger partial charge in [0.15, 0.2) is 6.10 Å². The van der Waals surface area contributed by atoms with Crippen molar-refractivity contribution in [1.29, 1.82) is 0 Å². The highest BCUT2D eigenvalue weighted by molar-refractivity contribution is 5.60. The van der Waals surface area contributed by atoms with Crippen LogP contribution in [0.5, 0.6) is 0 Å². The third-order valence-corrected chi connectivity index (χ3v) is 1.32. The lowest BCUT2D eigenvalue weighted by Crippen LogP contribution is -2.30. The number of methoxy groups -OCH3 is 1. The van der Waals surface area contributed by atoms with Crippen molar-refractivity contribution in [3.05, 3.63) is 0 Å². The molecule has 0 saturated carbocycles. The SMILES string of the molecule is C#C[C@H](OC(=O)OC)C(C)(C)C. The van der Waals surface area contributed by atoms with E-state index < -0.39 is 12.3 Å². The van der Waals surface area contributed by atoms with Crippen LogP contribution < -0.4 is 0 Å². The van der Waals surface area contributed by atoms with Crippen molar-refractivity contribution in [2.24, 2.45) is 5.41 Å². The zero-order valence-corrected chi connectivity index (χ0v) is 7.88. The van der Waals surface area contributed by atoms with Crippen molar-refractivity contribution >= 4 is 6.16 Å². The summed E-state index contributed by atoms with van der Waals surface area (Å²) < 4.78 is 9.14. The fraction of sp³-hybridized carbons (Fsp3) is 0.667. The molecule has 0 saturated heterocycles. The van der Waals surface area contributed by atoms with Gasteiger partial charge in [-0.25, -0.2) is 4.79 Å². The van der Waals surface area contributed by atoms with E-state index in [9.17, 15) is 4.79 Å². The van der Waals surface area contributed by atoms with Gasteiger partial charge in [0.05, 0.1) is 7.11 Å². The Labute approximate surface area is 73.0 Å². The molecular weight excluding hydrogens is 156 g/mol. The zero-order valence-electron chi connectivity index (χ0n) is 7.88. The molecule has 0 amide bonds. The van der Waals surface area contributed by atoms with E-state index in [-0.39, 0.29) is 5.41 Å². The van der Waals surface area contributed by atoms with E-state index in [2.05, 4.69) is 10.7 Å². The minimum atomic E-state index is -0.743.